The Morgan fingerprint density at radius 1 is 1.14 bits per heavy atom. The van der Waals surface area contributed by atoms with Crippen LogP contribution in [0, 0.1) is 5.82 Å². The highest BCUT2D eigenvalue weighted by Crippen LogP contribution is 2.23. The van der Waals surface area contributed by atoms with Crippen molar-refractivity contribution in [3.8, 4) is 5.75 Å². The normalized spacial score (nSPS) is 14.9. The second-order valence-electron chi connectivity index (χ2n) is 8.76. The van der Waals surface area contributed by atoms with Gasteiger partial charge in [0.1, 0.15) is 24.2 Å². The third-order valence-corrected chi connectivity index (χ3v) is 7.28. The number of para-hydroxylation sites is 1. The number of amides is 2. The molecule has 10 heteroatoms. The zero-order chi connectivity index (χ0) is 25.6. The van der Waals surface area contributed by atoms with Crippen LogP contribution in [0.2, 0.25) is 0 Å². The van der Waals surface area contributed by atoms with Gasteiger partial charge >= 0.3 is 0 Å². The van der Waals surface area contributed by atoms with E-state index < -0.39 is 34.3 Å². The Morgan fingerprint density at radius 3 is 2.46 bits per heavy atom. The molecule has 0 aliphatic heterocycles. The summed E-state index contributed by atoms with van der Waals surface area (Å²) in [4.78, 5) is 27.9. The molecule has 0 spiro atoms. The van der Waals surface area contributed by atoms with Crippen LogP contribution < -0.4 is 14.4 Å². The average molecular weight is 506 g/mol. The van der Waals surface area contributed by atoms with E-state index in [9.17, 15) is 22.4 Å². The van der Waals surface area contributed by atoms with Crippen molar-refractivity contribution in [2.45, 2.75) is 51.2 Å². The molecule has 3 rings (SSSR count). The van der Waals surface area contributed by atoms with Gasteiger partial charge in [-0.05, 0) is 49.6 Å². The molecule has 1 fully saturated rings. The molecule has 190 valence electrons. The molecule has 2 aromatic carbocycles. The summed E-state index contributed by atoms with van der Waals surface area (Å²) in [6, 6.07) is 11.6. The van der Waals surface area contributed by atoms with Crippen molar-refractivity contribution in [2.24, 2.45) is 0 Å². The van der Waals surface area contributed by atoms with Gasteiger partial charge < -0.3 is 15.0 Å². The molecule has 0 aromatic heterocycles. The van der Waals surface area contributed by atoms with E-state index in [0.29, 0.717) is 11.3 Å². The zero-order valence-corrected chi connectivity index (χ0v) is 21.1. The largest absolute Gasteiger partial charge is 0.497 e. The molecule has 2 aromatic rings. The first-order valence-corrected chi connectivity index (χ1v) is 13.4. The smallest absolute Gasteiger partial charge is 0.244 e. The van der Waals surface area contributed by atoms with Crippen LogP contribution in [0.1, 0.15) is 38.2 Å². The Bertz CT molecular complexity index is 1150. The van der Waals surface area contributed by atoms with Gasteiger partial charge in [0, 0.05) is 12.6 Å². The van der Waals surface area contributed by atoms with E-state index in [1.807, 2.05) is 0 Å². The maximum Gasteiger partial charge on any atom is 0.244 e. The third-order valence-electron chi connectivity index (χ3n) is 6.16. The van der Waals surface area contributed by atoms with Crippen molar-refractivity contribution in [3.63, 3.8) is 0 Å². The van der Waals surface area contributed by atoms with Crippen molar-refractivity contribution < 1.29 is 27.1 Å². The standard InChI is InChI=1S/C25H32FN3O5S/c1-18(25(31)27-20-10-4-5-11-20)28(16-19-9-8-12-21(15-19)34-2)24(30)17-29(35(3,32)33)23-14-7-6-13-22(23)26/h6-9,12-15,18,20H,4-5,10-11,16-17H2,1-3H3,(H,27,31). The summed E-state index contributed by atoms with van der Waals surface area (Å²) in [5, 5.41) is 3.00. The number of methoxy groups -OCH3 is 1. The summed E-state index contributed by atoms with van der Waals surface area (Å²) in [5.74, 6) is -1.13. The highest BCUT2D eigenvalue weighted by molar-refractivity contribution is 7.92. The van der Waals surface area contributed by atoms with E-state index in [-0.39, 0.29) is 24.2 Å². The molecule has 0 saturated heterocycles. The second-order valence-corrected chi connectivity index (χ2v) is 10.7. The van der Waals surface area contributed by atoms with E-state index in [4.69, 9.17) is 4.74 Å². The molecule has 0 heterocycles. The van der Waals surface area contributed by atoms with Crippen LogP contribution >= 0.6 is 0 Å². The lowest BCUT2D eigenvalue weighted by molar-refractivity contribution is -0.139. The number of rotatable bonds is 10. The number of anilines is 1. The highest BCUT2D eigenvalue weighted by atomic mass is 32.2. The number of nitrogens with one attached hydrogen (secondary N) is 1. The fourth-order valence-electron chi connectivity index (χ4n) is 4.19. The molecule has 1 atom stereocenters. The summed E-state index contributed by atoms with van der Waals surface area (Å²) in [6.45, 7) is 1.01. The van der Waals surface area contributed by atoms with E-state index in [0.717, 1.165) is 42.3 Å². The minimum Gasteiger partial charge on any atom is -0.497 e. The van der Waals surface area contributed by atoms with Gasteiger partial charge in [-0.1, -0.05) is 37.1 Å². The maximum atomic E-state index is 14.5. The van der Waals surface area contributed by atoms with E-state index in [1.165, 1.54) is 30.2 Å². The molecule has 1 aliphatic carbocycles. The fraction of sp³-hybridized carbons (Fsp3) is 0.440. The molecule has 35 heavy (non-hydrogen) atoms. The van der Waals surface area contributed by atoms with Gasteiger partial charge in [-0.15, -0.1) is 0 Å². The van der Waals surface area contributed by atoms with Gasteiger partial charge in [0.25, 0.3) is 0 Å². The van der Waals surface area contributed by atoms with Crippen LogP contribution in [0.15, 0.2) is 48.5 Å². The molecule has 0 radical (unpaired) electrons. The first-order chi connectivity index (χ1) is 16.6. The molecule has 1 N–H and O–H groups in total. The lowest BCUT2D eigenvalue weighted by Gasteiger charge is -2.32. The van der Waals surface area contributed by atoms with Crippen LogP contribution in [0.5, 0.6) is 5.75 Å². The summed E-state index contributed by atoms with van der Waals surface area (Å²) >= 11 is 0. The molecule has 1 aliphatic rings. The van der Waals surface area contributed by atoms with Crippen LogP contribution in [-0.2, 0) is 26.2 Å². The van der Waals surface area contributed by atoms with Crippen molar-refractivity contribution in [3.05, 3.63) is 59.9 Å². The van der Waals surface area contributed by atoms with Crippen LogP contribution in [0.3, 0.4) is 0 Å². The van der Waals surface area contributed by atoms with Crippen LogP contribution in [-0.4, -0.2) is 57.1 Å². The van der Waals surface area contributed by atoms with Gasteiger partial charge in [0.05, 0.1) is 19.1 Å². The van der Waals surface area contributed by atoms with Gasteiger partial charge in [0.15, 0.2) is 0 Å². The van der Waals surface area contributed by atoms with Crippen LogP contribution in [0.4, 0.5) is 10.1 Å². The zero-order valence-electron chi connectivity index (χ0n) is 20.2. The predicted molar refractivity (Wildman–Crippen MR) is 132 cm³/mol. The number of carbonyl (C=O) groups is 2. The SMILES string of the molecule is COc1cccc(CN(C(=O)CN(c2ccccc2F)S(C)(=O)=O)C(C)C(=O)NC2CCCC2)c1. The summed E-state index contributed by atoms with van der Waals surface area (Å²) in [5.41, 5.74) is 0.475. The summed E-state index contributed by atoms with van der Waals surface area (Å²) in [6.07, 6.45) is 4.76. The number of hydrogen-bond donors (Lipinski definition) is 1. The third kappa shape index (κ3) is 6.94. The van der Waals surface area contributed by atoms with E-state index in [1.54, 1.807) is 31.2 Å². The molecule has 2 amide bonds. The predicted octanol–water partition coefficient (Wildman–Crippen LogP) is 3.08. The Balaban J connectivity index is 1.90. The number of halogens is 1. The quantitative estimate of drug-likeness (QED) is 0.535. The average Bonchev–Trinajstić information content (AvgIpc) is 3.33. The number of benzene rings is 2. The second kappa shape index (κ2) is 11.5. The first kappa shape index (κ1) is 26.5. The summed E-state index contributed by atoms with van der Waals surface area (Å²) in [7, 11) is -2.47. The molecular weight excluding hydrogens is 473 g/mol. The molecule has 8 nitrogen and oxygen atoms in total. The number of hydrogen-bond acceptors (Lipinski definition) is 5. The van der Waals surface area contributed by atoms with Gasteiger partial charge in [-0.25, -0.2) is 12.8 Å². The first-order valence-electron chi connectivity index (χ1n) is 11.5. The van der Waals surface area contributed by atoms with Crippen LogP contribution in [0.25, 0.3) is 0 Å². The maximum absolute atomic E-state index is 14.5. The Morgan fingerprint density at radius 2 is 1.83 bits per heavy atom. The topological polar surface area (TPSA) is 96.0 Å². The van der Waals surface area contributed by atoms with E-state index in [2.05, 4.69) is 5.32 Å². The molecule has 1 saturated carbocycles. The van der Waals surface area contributed by atoms with E-state index >= 15 is 0 Å². The van der Waals surface area contributed by atoms with Gasteiger partial charge in [0.2, 0.25) is 21.8 Å². The molecular formula is C25H32FN3O5S. The lowest BCUT2D eigenvalue weighted by Crippen LogP contribution is -2.52. The van der Waals surface area contributed by atoms with Crippen molar-refractivity contribution in [1.29, 1.82) is 0 Å². The van der Waals surface area contributed by atoms with Gasteiger partial charge in [-0.3, -0.25) is 13.9 Å². The number of sulfonamides is 1. The highest BCUT2D eigenvalue weighted by Gasteiger charge is 2.32. The number of nitrogens with zero attached hydrogens (tertiary/aromatic N) is 2. The Hall–Kier alpha value is -3.14. The van der Waals surface area contributed by atoms with Crippen molar-refractivity contribution >= 4 is 27.5 Å². The minimum atomic E-state index is -3.99. The Kier molecular flexibility index (Phi) is 8.71. The van der Waals surface area contributed by atoms with Crippen molar-refractivity contribution in [2.75, 3.05) is 24.2 Å². The molecule has 0 bridgehead atoms. The summed E-state index contributed by atoms with van der Waals surface area (Å²) < 4.78 is 45.5. The lowest BCUT2D eigenvalue weighted by atomic mass is 10.1. The number of ether oxygens (including phenoxy) is 1. The Labute approximate surface area is 206 Å². The number of carbonyl (C=O) groups excluding carboxylic acids is 2. The minimum absolute atomic E-state index is 0.0458. The van der Waals surface area contributed by atoms with Gasteiger partial charge in [-0.2, -0.15) is 0 Å². The monoisotopic (exact) mass is 505 g/mol. The van der Waals surface area contributed by atoms with Crippen molar-refractivity contribution in [1.82, 2.24) is 10.2 Å². The fourth-order valence-corrected chi connectivity index (χ4v) is 5.04. The molecule has 1 unspecified atom stereocenters.